The minimum absolute atomic E-state index is 0.547. The van der Waals surface area contributed by atoms with Crippen LogP contribution < -0.4 is 4.90 Å². The molecule has 0 radical (unpaired) electrons. The van der Waals surface area contributed by atoms with Crippen LogP contribution in [0.4, 0.5) is 5.69 Å². The van der Waals surface area contributed by atoms with E-state index in [0.717, 1.165) is 19.0 Å². The Kier molecular flexibility index (Phi) is 2.93. The van der Waals surface area contributed by atoms with Crippen molar-refractivity contribution in [2.75, 3.05) is 18.0 Å². The van der Waals surface area contributed by atoms with Crippen molar-refractivity contribution in [1.82, 2.24) is 0 Å². The van der Waals surface area contributed by atoms with Crippen LogP contribution in [0.2, 0.25) is 0 Å². The van der Waals surface area contributed by atoms with Gasteiger partial charge in [-0.3, -0.25) is 0 Å². The van der Waals surface area contributed by atoms with Crippen LogP contribution in [0.1, 0.15) is 25.2 Å². The van der Waals surface area contributed by atoms with Crippen molar-refractivity contribution >= 4 is 5.69 Å². The van der Waals surface area contributed by atoms with Gasteiger partial charge in [-0.2, -0.15) is 0 Å². The third-order valence-corrected chi connectivity index (χ3v) is 2.98. The van der Waals surface area contributed by atoms with Gasteiger partial charge in [0.05, 0.1) is 0 Å². The van der Waals surface area contributed by atoms with Crippen molar-refractivity contribution in [1.29, 1.82) is 0 Å². The molecule has 0 saturated carbocycles. The van der Waals surface area contributed by atoms with Gasteiger partial charge in [0.15, 0.2) is 6.29 Å². The first-order chi connectivity index (χ1) is 7.16. The summed E-state index contributed by atoms with van der Waals surface area (Å²) in [5.41, 5.74) is 1.72. The summed E-state index contributed by atoms with van der Waals surface area (Å²) in [6, 6.07) is 7.44. The zero-order valence-electron chi connectivity index (χ0n) is 8.93. The fourth-order valence-corrected chi connectivity index (χ4v) is 2.03. The molecule has 1 aromatic rings. The number of benzene rings is 1. The second-order valence-electron chi connectivity index (χ2n) is 4.31. The fraction of sp³-hybridized carbons (Fsp3) is 0.500. The molecule has 1 heterocycles. The molecule has 0 bridgehead atoms. The first kappa shape index (κ1) is 10.5. The Balaban J connectivity index is 2.10. The number of hydrogen-bond donors (Lipinski definition) is 2. The SMILES string of the molecule is CC1CCN(c2ccc(C(O)O)cc2)C1. The van der Waals surface area contributed by atoms with Gasteiger partial charge >= 0.3 is 0 Å². The molecule has 3 heteroatoms. The van der Waals surface area contributed by atoms with E-state index in [1.165, 1.54) is 12.1 Å². The zero-order valence-corrected chi connectivity index (χ0v) is 8.93. The molecule has 1 aromatic carbocycles. The lowest BCUT2D eigenvalue weighted by Gasteiger charge is -2.18. The standard InChI is InChI=1S/C12H17NO2/c1-9-6-7-13(8-9)11-4-2-10(3-5-11)12(14)15/h2-5,9,12,14-15H,6-8H2,1H3. The van der Waals surface area contributed by atoms with Crippen LogP contribution in [0, 0.1) is 5.92 Å². The van der Waals surface area contributed by atoms with E-state index in [1.807, 2.05) is 12.1 Å². The van der Waals surface area contributed by atoms with E-state index in [0.29, 0.717) is 5.56 Å². The van der Waals surface area contributed by atoms with Crippen LogP contribution in [0.5, 0.6) is 0 Å². The number of rotatable bonds is 2. The molecule has 1 saturated heterocycles. The number of anilines is 1. The Labute approximate surface area is 90.0 Å². The molecule has 3 nitrogen and oxygen atoms in total. The van der Waals surface area contributed by atoms with Gasteiger partial charge in [0.2, 0.25) is 0 Å². The van der Waals surface area contributed by atoms with E-state index in [2.05, 4.69) is 11.8 Å². The largest absolute Gasteiger partial charge is 0.371 e. The second kappa shape index (κ2) is 4.21. The highest BCUT2D eigenvalue weighted by molar-refractivity contribution is 5.48. The van der Waals surface area contributed by atoms with Crippen molar-refractivity contribution < 1.29 is 10.2 Å². The summed E-state index contributed by atoms with van der Waals surface area (Å²) in [7, 11) is 0. The highest BCUT2D eigenvalue weighted by Gasteiger charge is 2.18. The van der Waals surface area contributed by atoms with Crippen LogP contribution >= 0.6 is 0 Å². The lowest BCUT2D eigenvalue weighted by molar-refractivity contribution is -0.0424. The van der Waals surface area contributed by atoms with Crippen LogP contribution in [-0.2, 0) is 0 Å². The summed E-state index contributed by atoms with van der Waals surface area (Å²) in [6.45, 7) is 4.45. The minimum Gasteiger partial charge on any atom is -0.371 e. The fourth-order valence-electron chi connectivity index (χ4n) is 2.03. The molecule has 1 aliphatic heterocycles. The van der Waals surface area contributed by atoms with Crippen molar-refractivity contribution in [2.24, 2.45) is 5.92 Å². The van der Waals surface area contributed by atoms with Crippen LogP contribution in [0.15, 0.2) is 24.3 Å². The van der Waals surface area contributed by atoms with E-state index in [9.17, 15) is 0 Å². The Bertz CT molecular complexity index is 321. The number of nitrogens with zero attached hydrogens (tertiary/aromatic N) is 1. The smallest absolute Gasteiger partial charge is 0.178 e. The van der Waals surface area contributed by atoms with Gasteiger partial charge in [0.25, 0.3) is 0 Å². The van der Waals surface area contributed by atoms with E-state index < -0.39 is 6.29 Å². The summed E-state index contributed by atoms with van der Waals surface area (Å²) < 4.78 is 0. The molecule has 82 valence electrons. The van der Waals surface area contributed by atoms with Crippen LogP contribution in [-0.4, -0.2) is 23.3 Å². The Hall–Kier alpha value is -1.06. The van der Waals surface area contributed by atoms with E-state index in [4.69, 9.17) is 10.2 Å². The van der Waals surface area contributed by atoms with Gasteiger partial charge < -0.3 is 15.1 Å². The Morgan fingerprint density at radius 3 is 2.40 bits per heavy atom. The highest BCUT2D eigenvalue weighted by atomic mass is 16.5. The molecular weight excluding hydrogens is 190 g/mol. The summed E-state index contributed by atoms with van der Waals surface area (Å²) in [5, 5.41) is 17.9. The molecule has 1 unspecified atom stereocenters. The van der Waals surface area contributed by atoms with E-state index in [-0.39, 0.29) is 0 Å². The van der Waals surface area contributed by atoms with Gasteiger partial charge in [-0.05, 0) is 24.5 Å². The molecule has 0 aliphatic carbocycles. The van der Waals surface area contributed by atoms with E-state index >= 15 is 0 Å². The predicted octanol–water partition coefficient (Wildman–Crippen LogP) is 1.52. The lowest BCUT2D eigenvalue weighted by atomic mass is 10.2. The number of aliphatic hydroxyl groups is 2. The molecule has 1 aliphatic rings. The zero-order chi connectivity index (χ0) is 10.8. The van der Waals surface area contributed by atoms with Gasteiger partial charge in [-0.25, -0.2) is 0 Å². The lowest BCUT2D eigenvalue weighted by Crippen LogP contribution is -2.18. The summed E-state index contributed by atoms with van der Waals surface area (Å²) in [5.74, 6) is 0.758. The summed E-state index contributed by atoms with van der Waals surface area (Å²) >= 11 is 0. The Morgan fingerprint density at radius 2 is 1.93 bits per heavy atom. The topological polar surface area (TPSA) is 43.7 Å². The van der Waals surface area contributed by atoms with Crippen LogP contribution in [0.25, 0.3) is 0 Å². The van der Waals surface area contributed by atoms with Gasteiger partial charge in [0.1, 0.15) is 0 Å². The third-order valence-electron chi connectivity index (χ3n) is 2.98. The van der Waals surface area contributed by atoms with Crippen LogP contribution in [0.3, 0.4) is 0 Å². The number of hydrogen-bond acceptors (Lipinski definition) is 3. The first-order valence-electron chi connectivity index (χ1n) is 5.38. The summed E-state index contributed by atoms with van der Waals surface area (Å²) in [4.78, 5) is 2.33. The molecule has 0 aromatic heterocycles. The molecule has 0 amide bonds. The van der Waals surface area contributed by atoms with Gasteiger partial charge in [-0.1, -0.05) is 19.1 Å². The van der Waals surface area contributed by atoms with Gasteiger partial charge in [0, 0.05) is 24.3 Å². The molecule has 2 rings (SSSR count). The molecule has 2 N–H and O–H groups in total. The molecule has 15 heavy (non-hydrogen) atoms. The summed E-state index contributed by atoms with van der Waals surface area (Å²) in [6.07, 6.45) is -0.124. The monoisotopic (exact) mass is 207 g/mol. The quantitative estimate of drug-likeness (QED) is 0.723. The average Bonchev–Trinajstić information content (AvgIpc) is 2.65. The predicted molar refractivity (Wildman–Crippen MR) is 59.6 cm³/mol. The van der Waals surface area contributed by atoms with E-state index in [1.54, 1.807) is 12.1 Å². The second-order valence-corrected chi connectivity index (χ2v) is 4.31. The highest BCUT2D eigenvalue weighted by Crippen LogP contribution is 2.24. The first-order valence-corrected chi connectivity index (χ1v) is 5.38. The Morgan fingerprint density at radius 1 is 1.27 bits per heavy atom. The minimum atomic E-state index is -1.36. The van der Waals surface area contributed by atoms with Gasteiger partial charge in [-0.15, -0.1) is 0 Å². The van der Waals surface area contributed by atoms with Crippen molar-refractivity contribution in [3.63, 3.8) is 0 Å². The molecule has 0 spiro atoms. The maximum Gasteiger partial charge on any atom is 0.178 e. The maximum atomic E-state index is 8.96. The van der Waals surface area contributed by atoms with Crippen molar-refractivity contribution in [3.8, 4) is 0 Å². The van der Waals surface area contributed by atoms with Crippen molar-refractivity contribution in [2.45, 2.75) is 19.6 Å². The number of aliphatic hydroxyl groups excluding tert-OH is 1. The molecule has 1 atom stereocenters. The normalized spacial score (nSPS) is 21.3. The average molecular weight is 207 g/mol. The molecule has 1 fully saturated rings. The van der Waals surface area contributed by atoms with Crippen molar-refractivity contribution in [3.05, 3.63) is 29.8 Å². The maximum absolute atomic E-state index is 8.96. The molecular formula is C12H17NO2. The third kappa shape index (κ3) is 2.30.